The maximum Gasteiger partial charge on any atom is 0.159 e. The van der Waals surface area contributed by atoms with E-state index in [0.717, 1.165) is 17.2 Å². The summed E-state index contributed by atoms with van der Waals surface area (Å²) < 4.78 is 25.9. The maximum absolute atomic E-state index is 13.1. The first-order valence-electron chi connectivity index (χ1n) is 4.79. The Bertz CT molecular complexity index is 535. The van der Waals surface area contributed by atoms with Crippen molar-refractivity contribution in [3.63, 3.8) is 0 Å². The third-order valence-corrected chi connectivity index (χ3v) is 2.67. The summed E-state index contributed by atoms with van der Waals surface area (Å²) in [7, 11) is 0. The molecule has 2 rings (SSSR count). The van der Waals surface area contributed by atoms with E-state index in [1.165, 1.54) is 12.1 Å². The molecule has 0 spiro atoms. The van der Waals surface area contributed by atoms with Crippen molar-refractivity contribution in [2.45, 2.75) is 6.92 Å². The molecule has 0 saturated carbocycles. The minimum Gasteiger partial charge on any atom is -0.204 e. The minimum atomic E-state index is -0.850. The van der Waals surface area contributed by atoms with E-state index >= 15 is 0 Å². The fourth-order valence-electron chi connectivity index (χ4n) is 1.57. The van der Waals surface area contributed by atoms with Crippen molar-refractivity contribution in [1.29, 1.82) is 0 Å². The first-order valence-corrected chi connectivity index (χ1v) is 5.17. The van der Waals surface area contributed by atoms with Gasteiger partial charge in [-0.25, -0.2) is 8.78 Å². The van der Waals surface area contributed by atoms with Gasteiger partial charge in [0.2, 0.25) is 0 Å². The van der Waals surface area contributed by atoms with Crippen LogP contribution in [-0.4, -0.2) is 0 Å². The van der Waals surface area contributed by atoms with Gasteiger partial charge in [-0.1, -0.05) is 23.7 Å². The number of hydrogen-bond donors (Lipinski definition) is 0. The first-order chi connectivity index (χ1) is 7.58. The summed E-state index contributed by atoms with van der Waals surface area (Å²) in [6.45, 7) is 1.90. The molecular weight excluding hydrogens is 230 g/mol. The van der Waals surface area contributed by atoms with Gasteiger partial charge in [-0.2, -0.15) is 0 Å². The second-order valence-electron chi connectivity index (χ2n) is 3.59. The van der Waals surface area contributed by atoms with E-state index in [9.17, 15) is 8.78 Å². The molecule has 82 valence electrons. The third-order valence-electron chi connectivity index (χ3n) is 2.43. The number of hydrogen-bond acceptors (Lipinski definition) is 0. The van der Waals surface area contributed by atoms with Crippen LogP contribution >= 0.6 is 11.6 Å². The van der Waals surface area contributed by atoms with Crippen molar-refractivity contribution in [3.05, 3.63) is 58.6 Å². The number of benzene rings is 2. The molecule has 0 atom stereocenters. The normalized spacial score (nSPS) is 10.5. The van der Waals surface area contributed by atoms with Gasteiger partial charge in [-0.15, -0.1) is 0 Å². The summed E-state index contributed by atoms with van der Waals surface area (Å²) in [6, 6.07) is 9.18. The zero-order valence-electron chi connectivity index (χ0n) is 8.60. The predicted octanol–water partition coefficient (Wildman–Crippen LogP) is 4.59. The van der Waals surface area contributed by atoms with Crippen molar-refractivity contribution >= 4 is 11.6 Å². The van der Waals surface area contributed by atoms with Gasteiger partial charge in [0.25, 0.3) is 0 Å². The van der Waals surface area contributed by atoms with Crippen molar-refractivity contribution in [2.75, 3.05) is 0 Å². The van der Waals surface area contributed by atoms with Gasteiger partial charge >= 0.3 is 0 Å². The molecule has 0 aliphatic rings. The standard InChI is InChI=1S/C13H9ClF2/c1-8-2-4-10(14)7-11(8)9-3-5-12(15)13(16)6-9/h2-7H,1H3. The lowest BCUT2D eigenvalue weighted by Crippen LogP contribution is -1.87. The Hall–Kier alpha value is -1.41. The lowest BCUT2D eigenvalue weighted by Gasteiger charge is -2.07. The zero-order valence-corrected chi connectivity index (χ0v) is 9.35. The molecule has 0 aliphatic heterocycles. The van der Waals surface area contributed by atoms with Crippen LogP contribution in [0.25, 0.3) is 11.1 Å². The predicted molar refractivity (Wildman–Crippen MR) is 61.5 cm³/mol. The van der Waals surface area contributed by atoms with E-state index in [4.69, 9.17) is 11.6 Å². The van der Waals surface area contributed by atoms with Crippen molar-refractivity contribution in [2.24, 2.45) is 0 Å². The van der Waals surface area contributed by atoms with Crippen molar-refractivity contribution in [3.8, 4) is 11.1 Å². The van der Waals surface area contributed by atoms with E-state index in [1.807, 2.05) is 13.0 Å². The van der Waals surface area contributed by atoms with E-state index in [1.54, 1.807) is 12.1 Å². The van der Waals surface area contributed by atoms with Gasteiger partial charge in [0.15, 0.2) is 11.6 Å². The Morgan fingerprint density at radius 3 is 2.38 bits per heavy atom. The van der Waals surface area contributed by atoms with Crippen LogP contribution in [0.3, 0.4) is 0 Å². The summed E-state index contributed by atoms with van der Waals surface area (Å²) in [5.74, 6) is -1.69. The summed E-state index contributed by atoms with van der Waals surface area (Å²) in [4.78, 5) is 0. The molecule has 2 aromatic carbocycles. The Balaban J connectivity index is 2.58. The molecular formula is C13H9ClF2. The third kappa shape index (κ3) is 2.07. The molecule has 0 saturated heterocycles. The van der Waals surface area contributed by atoms with Crippen LogP contribution in [0.15, 0.2) is 36.4 Å². The van der Waals surface area contributed by atoms with E-state index < -0.39 is 11.6 Å². The van der Waals surface area contributed by atoms with Gasteiger partial charge in [-0.3, -0.25) is 0 Å². The fourth-order valence-corrected chi connectivity index (χ4v) is 1.74. The average Bonchev–Trinajstić information content (AvgIpc) is 2.26. The Morgan fingerprint density at radius 2 is 1.69 bits per heavy atom. The Kier molecular flexibility index (Phi) is 2.92. The molecule has 3 heteroatoms. The molecule has 0 aromatic heterocycles. The number of rotatable bonds is 1. The van der Waals surface area contributed by atoms with Crippen molar-refractivity contribution in [1.82, 2.24) is 0 Å². The average molecular weight is 239 g/mol. The molecule has 0 heterocycles. The molecule has 0 nitrogen and oxygen atoms in total. The zero-order chi connectivity index (χ0) is 11.7. The minimum absolute atomic E-state index is 0.574. The monoisotopic (exact) mass is 238 g/mol. The van der Waals surface area contributed by atoms with Crippen LogP contribution in [0.1, 0.15) is 5.56 Å². The van der Waals surface area contributed by atoms with Gasteiger partial charge in [0.1, 0.15) is 0 Å². The SMILES string of the molecule is Cc1ccc(Cl)cc1-c1ccc(F)c(F)c1. The summed E-state index contributed by atoms with van der Waals surface area (Å²) in [6.07, 6.45) is 0. The highest BCUT2D eigenvalue weighted by Gasteiger charge is 2.07. The molecule has 16 heavy (non-hydrogen) atoms. The molecule has 0 radical (unpaired) electrons. The van der Waals surface area contributed by atoms with Crippen LogP contribution in [0, 0.1) is 18.6 Å². The van der Waals surface area contributed by atoms with Crippen LogP contribution < -0.4 is 0 Å². The largest absolute Gasteiger partial charge is 0.204 e. The second kappa shape index (κ2) is 4.22. The molecule has 0 amide bonds. The fraction of sp³-hybridized carbons (Fsp3) is 0.0769. The highest BCUT2D eigenvalue weighted by molar-refractivity contribution is 6.30. The summed E-state index contributed by atoms with van der Waals surface area (Å²) in [5.41, 5.74) is 2.40. The van der Waals surface area contributed by atoms with Gasteiger partial charge in [-0.05, 0) is 47.9 Å². The van der Waals surface area contributed by atoms with E-state index in [0.29, 0.717) is 10.6 Å². The summed E-state index contributed by atoms with van der Waals surface area (Å²) in [5, 5.41) is 0.574. The second-order valence-corrected chi connectivity index (χ2v) is 4.02. The number of aryl methyl sites for hydroxylation is 1. The molecule has 0 N–H and O–H groups in total. The first kappa shape index (κ1) is 11.1. The molecule has 2 aromatic rings. The molecule has 0 aliphatic carbocycles. The van der Waals surface area contributed by atoms with E-state index in [-0.39, 0.29) is 0 Å². The van der Waals surface area contributed by atoms with Crippen LogP contribution in [0.2, 0.25) is 5.02 Å². The smallest absolute Gasteiger partial charge is 0.159 e. The van der Waals surface area contributed by atoms with Crippen LogP contribution in [0.4, 0.5) is 8.78 Å². The van der Waals surface area contributed by atoms with Crippen molar-refractivity contribution < 1.29 is 8.78 Å². The Morgan fingerprint density at radius 1 is 0.938 bits per heavy atom. The molecule has 0 fully saturated rings. The topological polar surface area (TPSA) is 0 Å². The van der Waals surface area contributed by atoms with Crippen LogP contribution in [0.5, 0.6) is 0 Å². The lowest BCUT2D eigenvalue weighted by molar-refractivity contribution is 0.509. The van der Waals surface area contributed by atoms with Gasteiger partial charge in [0.05, 0.1) is 0 Å². The highest BCUT2D eigenvalue weighted by atomic mass is 35.5. The van der Waals surface area contributed by atoms with Gasteiger partial charge in [0, 0.05) is 5.02 Å². The summed E-state index contributed by atoms with van der Waals surface area (Å²) >= 11 is 5.87. The molecule has 0 bridgehead atoms. The Labute approximate surface area is 97.5 Å². The molecule has 0 unspecified atom stereocenters. The van der Waals surface area contributed by atoms with Crippen LogP contribution in [-0.2, 0) is 0 Å². The van der Waals surface area contributed by atoms with Gasteiger partial charge < -0.3 is 0 Å². The van der Waals surface area contributed by atoms with E-state index in [2.05, 4.69) is 0 Å². The number of halogens is 3. The maximum atomic E-state index is 13.1. The lowest BCUT2D eigenvalue weighted by atomic mass is 10.0. The quantitative estimate of drug-likeness (QED) is 0.682. The highest BCUT2D eigenvalue weighted by Crippen LogP contribution is 2.27.